The van der Waals surface area contributed by atoms with Gasteiger partial charge < -0.3 is 20.6 Å². The van der Waals surface area contributed by atoms with E-state index in [1.165, 1.54) is 0 Å². The molecule has 20 heavy (non-hydrogen) atoms. The molecule has 3 N–H and O–H groups in total. The van der Waals surface area contributed by atoms with Crippen LogP contribution in [0.5, 0.6) is 0 Å². The Balaban J connectivity index is 1.79. The minimum atomic E-state index is -0.586. The summed E-state index contributed by atoms with van der Waals surface area (Å²) in [6.45, 7) is 1.23. The number of aliphatic imine (C=N–C) groups is 1. The van der Waals surface area contributed by atoms with Crippen LogP contribution in [0.15, 0.2) is 4.99 Å². The first kappa shape index (κ1) is 15.1. The zero-order chi connectivity index (χ0) is 14.6. The number of nitrogens with one attached hydrogen (secondary N) is 2. The molecule has 0 radical (unpaired) electrons. The summed E-state index contributed by atoms with van der Waals surface area (Å²) in [5.41, 5.74) is -0.586. The fourth-order valence-corrected chi connectivity index (χ4v) is 2.98. The summed E-state index contributed by atoms with van der Waals surface area (Å²) >= 11 is 0. The lowest BCUT2D eigenvalue weighted by Crippen LogP contribution is -2.53. The van der Waals surface area contributed by atoms with Gasteiger partial charge in [-0.05, 0) is 19.3 Å². The van der Waals surface area contributed by atoms with Gasteiger partial charge in [-0.2, -0.15) is 0 Å². The molecular weight excluding hydrogens is 256 g/mol. The lowest BCUT2D eigenvalue weighted by Gasteiger charge is -2.32. The van der Waals surface area contributed by atoms with Gasteiger partial charge in [-0.15, -0.1) is 0 Å². The molecule has 0 spiro atoms. The highest BCUT2D eigenvalue weighted by atomic mass is 16.3. The van der Waals surface area contributed by atoms with Gasteiger partial charge in [-0.1, -0.05) is 12.8 Å². The van der Waals surface area contributed by atoms with E-state index in [1.807, 2.05) is 7.05 Å². The number of likely N-dealkylation sites (N-methyl/N-ethyl adjacent to an activating group) is 1. The Labute approximate surface area is 120 Å². The molecule has 1 unspecified atom stereocenters. The Bertz CT molecular complexity index is 377. The number of hydrogen-bond donors (Lipinski definition) is 3. The third-order valence-electron chi connectivity index (χ3n) is 4.31. The molecule has 2 aliphatic rings. The van der Waals surface area contributed by atoms with Crippen LogP contribution in [0.4, 0.5) is 0 Å². The van der Waals surface area contributed by atoms with Crippen LogP contribution < -0.4 is 10.6 Å². The molecule has 0 bridgehead atoms. The Kier molecular flexibility index (Phi) is 4.86. The molecule has 114 valence electrons. The summed E-state index contributed by atoms with van der Waals surface area (Å²) in [7, 11) is 3.55. The maximum atomic E-state index is 11.5. The number of carbonyl (C=O) groups excluding carboxylic acids is 1. The van der Waals surface area contributed by atoms with E-state index >= 15 is 0 Å². The molecule has 1 amide bonds. The largest absolute Gasteiger partial charge is 0.388 e. The van der Waals surface area contributed by atoms with Gasteiger partial charge in [0.25, 0.3) is 0 Å². The molecule has 1 aliphatic carbocycles. The molecule has 1 saturated heterocycles. The number of nitrogens with zero attached hydrogens (tertiary/aromatic N) is 2. The molecule has 0 aromatic carbocycles. The molecule has 1 saturated carbocycles. The Morgan fingerprint density at radius 1 is 1.50 bits per heavy atom. The van der Waals surface area contributed by atoms with Crippen molar-refractivity contribution in [3.63, 3.8) is 0 Å². The highest BCUT2D eigenvalue weighted by Gasteiger charge is 2.31. The summed E-state index contributed by atoms with van der Waals surface area (Å²) in [4.78, 5) is 17.4. The molecule has 2 rings (SSSR count). The van der Waals surface area contributed by atoms with Gasteiger partial charge in [0.2, 0.25) is 5.91 Å². The lowest BCUT2D eigenvalue weighted by molar-refractivity contribution is -0.132. The van der Waals surface area contributed by atoms with Crippen LogP contribution in [-0.4, -0.2) is 60.7 Å². The minimum absolute atomic E-state index is 0.200. The molecule has 6 heteroatoms. The van der Waals surface area contributed by atoms with E-state index in [1.54, 1.807) is 11.9 Å². The number of rotatable bonds is 3. The van der Waals surface area contributed by atoms with Crippen molar-refractivity contribution in [3.05, 3.63) is 0 Å². The van der Waals surface area contributed by atoms with Gasteiger partial charge in [-0.3, -0.25) is 9.79 Å². The van der Waals surface area contributed by atoms with Crippen molar-refractivity contribution in [1.29, 1.82) is 0 Å². The van der Waals surface area contributed by atoms with Crippen LogP contribution in [0, 0.1) is 0 Å². The molecule has 1 atom stereocenters. The van der Waals surface area contributed by atoms with Crippen molar-refractivity contribution in [2.75, 3.05) is 27.2 Å². The Hall–Kier alpha value is -1.30. The quantitative estimate of drug-likeness (QED) is 0.506. The number of likely N-dealkylation sites (tertiary alicyclic amines) is 1. The van der Waals surface area contributed by atoms with Crippen LogP contribution in [-0.2, 0) is 4.79 Å². The van der Waals surface area contributed by atoms with E-state index in [4.69, 9.17) is 0 Å². The normalized spacial score (nSPS) is 26.8. The van der Waals surface area contributed by atoms with Gasteiger partial charge in [0.15, 0.2) is 5.96 Å². The molecule has 2 fully saturated rings. The van der Waals surface area contributed by atoms with Gasteiger partial charge >= 0.3 is 0 Å². The first-order chi connectivity index (χ1) is 9.52. The van der Waals surface area contributed by atoms with Crippen molar-refractivity contribution < 1.29 is 9.90 Å². The fraction of sp³-hybridized carbons (Fsp3) is 0.857. The van der Waals surface area contributed by atoms with Crippen molar-refractivity contribution in [2.45, 2.75) is 50.2 Å². The van der Waals surface area contributed by atoms with Crippen molar-refractivity contribution in [2.24, 2.45) is 4.99 Å². The molecule has 1 heterocycles. The first-order valence-electron chi connectivity index (χ1n) is 7.46. The average molecular weight is 282 g/mol. The second-order valence-corrected chi connectivity index (χ2v) is 6.01. The number of amides is 1. The summed E-state index contributed by atoms with van der Waals surface area (Å²) in [6.07, 6.45) is 5.32. The molecule has 0 aromatic heterocycles. The van der Waals surface area contributed by atoms with Crippen LogP contribution in [0.2, 0.25) is 0 Å². The zero-order valence-electron chi connectivity index (χ0n) is 12.5. The Morgan fingerprint density at radius 2 is 2.20 bits per heavy atom. The maximum Gasteiger partial charge on any atom is 0.222 e. The fourth-order valence-electron chi connectivity index (χ4n) is 2.98. The highest BCUT2D eigenvalue weighted by Crippen LogP contribution is 2.28. The summed E-state index contributed by atoms with van der Waals surface area (Å²) < 4.78 is 0. The lowest BCUT2D eigenvalue weighted by atomic mass is 10.0. The van der Waals surface area contributed by atoms with E-state index in [9.17, 15) is 9.90 Å². The van der Waals surface area contributed by atoms with E-state index < -0.39 is 5.60 Å². The predicted octanol–water partition coefficient (Wildman–Crippen LogP) is 0.0773. The molecule has 0 aromatic rings. The SMILES string of the molecule is CN=C(NCC1(O)CCCC1)NC1CCC(=O)N(C)C1. The predicted molar refractivity (Wildman–Crippen MR) is 78.6 cm³/mol. The second kappa shape index (κ2) is 6.43. The Morgan fingerprint density at radius 3 is 2.80 bits per heavy atom. The van der Waals surface area contributed by atoms with Crippen molar-refractivity contribution >= 4 is 11.9 Å². The van der Waals surface area contributed by atoms with Crippen LogP contribution in [0.3, 0.4) is 0 Å². The number of hydrogen-bond acceptors (Lipinski definition) is 3. The van der Waals surface area contributed by atoms with Crippen molar-refractivity contribution in [1.82, 2.24) is 15.5 Å². The van der Waals surface area contributed by atoms with Crippen LogP contribution in [0.25, 0.3) is 0 Å². The highest BCUT2D eigenvalue weighted by molar-refractivity contribution is 5.81. The third-order valence-corrected chi connectivity index (χ3v) is 4.31. The number of aliphatic hydroxyl groups is 1. The van der Waals surface area contributed by atoms with E-state index in [0.29, 0.717) is 25.5 Å². The van der Waals surface area contributed by atoms with Crippen LogP contribution in [0.1, 0.15) is 38.5 Å². The second-order valence-electron chi connectivity index (χ2n) is 6.01. The monoisotopic (exact) mass is 282 g/mol. The van der Waals surface area contributed by atoms with Crippen LogP contribution >= 0.6 is 0 Å². The molecule has 6 nitrogen and oxygen atoms in total. The summed E-state index contributed by atoms with van der Waals surface area (Å²) in [5, 5.41) is 16.9. The smallest absolute Gasteiger partial charge is 0.222 e. The first-order valence-corrected chi connectivity index (χ1v) is 7.46. The number of carbonyl (C=O) groups is 1. The van der Waals surface area contributed by atoms with Gasteiger partial charge in [-0.25, -0.2) is 0 Å². The van der Waals surface area contributed by atoms with Crippen molar-refractivity contribution in [3.8, 4) is 0 Å². The van der Waals surface area contributed by atoms with Gasteiger partial charge in [0, 0.05) is 39.6 Å². The summed E-state index contributed by atoms with van der Waals surface area (Å²) in [5.74, 6) is 0.907. The topological polar surface area (TPSA) is 77.0 Å². The standard InChI is InChI=1S/C14H26N4O2/c1-15-13(16-10-14(20)7-3-4-8-14)17-11-5-6-12(19)18(2)9-11/h11,20H,3-10H2,1-2H3,(H2,15,16,17). The maximum absolute atomic E-state index is 11.5. The summed E-state index contributed by atoms with van der Waals surface area (Å²) in [6, 6.07) is 0.224. The van der Waals surface area contributed by atoms with E-state index in [2.05, 4.69) is 15.6 Å². The molecular formula is C14H26N4O2. The number of piperidine rings is 1. The van der Waals surface area contributed by atoms with Gasteiger partial charge in [0.1, 0.15) is 0 Å². The third kappa shape index (κ3) is 3.85. The van der Waals surface area contributed by atoms with E-state index in [-0.39, 0.29) is 11.9 Å². The molecule has 1 aliphatic heterocycles. The average Bonchev–Trinajstić information content (AvgIpc) is 2.86. The van der Waals surface area contributed by atoms with Gasteiger partial charge in [0.05, 0.1) is 5.60 Å². The zero-order valence-corrected chi connectivity index (χ0v) is 12.5. The number of guanidine groups is 1. The van der Waals surface area contributed by atoms with E-state index in [0.717, 1.165) is 32.1 Å². The minimum Gasteiger partial charge on any atom is -0.388 e.